The van der Waals surface area contributed by atoms with Gasteiger partial charge in [-0.2, -0.15) is 0 Å². The fourth-order valence-corrected chi connectivity index (χ4v) is 3.33. The highest BCUT2D eigenvalue weighted by Gasteiger charge is 2.24. The molecule has 3 rings (SSSR count). The van der Waals surface area contributed by atoms with Crippen LogP contribution in [0.2, 0.25) is 0 Å². The summed E-state index contributed by atoms with van der Waals surface area (Å²) in [6.45, 7) is 0.965. The molecule has 1 aromatic heterocycles. The first-order valence-corrected chi connectivity index (χ1v) is 8.38. The highest BCUT2D eigenvalue weighted by Crippen LogP contribution is 2.23. The number of amides is 1. The summed E-state index contributed by atoms with van der Waals surface area (Å²) in [6, 6.07) is 8.33. The molecule has 0 unspecified atom stereocenters. The van der Waals surface area contributed by atoms with Crippen LogP contribution in [0.25, 0.3) is 0 Å². The number of hydrogen-bond acceptors (Lipinski definition) is 4. The molecule has 1 amide bonds. The molecule has 1 aliphatic heterocycles. The molecule has 0 saturated carbocycles. The van der Waals surface area contributed by atoms with Gasteiger partial charge in [0.2, 0.25) is 10.0 Å². The SMILES string of the molecule is CNS(=O)(=O)c1ccc2c(c1)CN(C(=O)c1ccco1)CC2. The second-order valence-electron chi connectivity index (χ2n) is 5.09. The summed E-state index contributed by atoms with van der Waals surface area (Å²) in [6.07, 6.45) is 2.16. The first kappa shape index (κ1) is 14.8. The number of rotatable bonds is 3. The molecule has 7 heteroatoms. The molecule has 22 heavy (non-hydrogen) atoms. The predicted octanol–water partition coefficient (Wildman–Crippen LogP) is 1.39. The largest absolute Gasteiger partial charge is 0.459 e. The third kappa shape index (κ3) is 2.65. The monoisotopic (exact) mass is 320 g/mol. The van der Waals surface area contributed by atoms with Crippen LogP contribution in [0.3, 0.4) is 0 Å². The number of nitrogens with one attached hydrogen (secondary N) is 1. The Balaban J connectivity index is 1.89. The number of sulfonamides is 1. The van der Waals surface area contributed by atoms with Crippen molar-refractivity contribution in [1.82, 2.24) is 9.62 Å². The molecule has 0 bridgehead atoms. The van der Waals surface area contributed by atoms with Gasteiger partial charge in [0.1, 0.15) is 0 Å². The molecule has 0 atom stereocenters. The van der Waals surface area contributed by atoms with Crippen LogP contribution in [0, 0.1) is 0 Å². The summed E-state index contributed by atoms with van der Waals surface area (Å²) in [4.78, 5) is 14.2. The Morgan fingerprint density at radius 1 is 1.27 bits per heavy atom. The molecular formula is C15H16N2O4S. The fraction of sp³-hybridized carbons (Fsp3) is 0.267. The maximum Gasteiger partial charge on any atom is 0.289 e. The van der Waals surface area contributed by atoms with Crippen molar-refractivity contribution in [3.05, 3.63) is 53.5 Å². The van der Waals surface area contributed by atoms with Crippen LogP contribution in [0.1, 0.15) is 21.7 Å². The van der Waals surface area contributed by atoms with E-state index in [1.165, 1.54) is 13.3 Å². The lowest BCUT2D eigenvalue weighted by Gasteiger charge is -2.28. The smallest absolute Gasteiger partial charge is 0.289 e. The Morgan fingerprint density at radius 2 is 2.09 bits per heavy atom. The Morgan fingerprint density at radius 3 is 2.77 bits per heavy atom. The Kier molecular flexibility index (Phi) is 3.76. The topological polar surface area (TPSA) is 79.6 Å². The van der Waals surface area contributed by atoms with E-state index in [2.05, 4.69) is 4.72 Å². The van der Waals surface area contributed by atoms with E-state index in [1.807, 2.05) is 6.07 Å². The maximum absolute atomic E-state index is 12.3. The van der Waals surface area contributed by atoms with E-state index in [1.54, 1.807) is 29.2 Å². The molecule has 1 N–H and O–H groups in total. The molecule has 2 heterocycles. The highest BCUT2D eigenvalue weighted by molar-refractivity contribution is 7.89. The van der Waals surface area contributed by atoms with Crippen molar-refractivity contribution in [2.24, 2.45) is 0 Å². The standard InChI is InChI=1S/C15H16N2O4S/c1-16-22(19,20)13-5-4-11-6-7-17(10-12(11)9-13)15(18)14-3-2-8-21-14/h2-5,8-9,16H,6-7,10H2,1H3. The van der Waals surface area contributed by atoms with Crippen molar-refractivity contribution in [2.75, 3.05) is 13.6 Å². The molecule has 1 aromatic carbocycles. The minimum absolute atomic E-state index is 0.183. The molecular weight excluding hydrogens is 304 g/mol. The Bertz CT molecular complexity index is 797. The van der Waals surface area contributed by atoms with Gasteiger partial charge in [0, 0.05) is 13.1 Å². The number of carbonyl (C=O) groups excluding carboxylic acids is 1. The molecule has 0 aliphatic carbocycles. The number of furan rings is 1. The molecule has 0 spiro atoms. The van der Waals surface area contributed by atoms with E-state index in [0.717, 1.165) is 11.1 Å². The average molecular weight is 320 g/mol. The molecule has 0 fully saturated rings. The first-order chi connectivity index (χ1) is 10.5. The van der Waals surface area contributed by atoms with E-state index < -0.39 is 10.0 Å². The van der Waals surface area contributed by atoms with Gasteiger partial charge in [0.25, 0.3) is 5.91 Å². The second-order valence-corrected chi connectivity index (χ2v) is 6.98. The highest BCUT2D eigenvalue weighted by atomic mass is 32.2. The predicted molar refractivity (Wildman–Crippen MR) is 79.8 cm³/mol. The van der Waals surface area contributed by atoms with E-state index in [9.17, 15) is 13.2 Å². The molecule has 116 valence electrons. The van der Waals surface area contributed by atoms with E-state index in [-0.39, 0.29) is 10.8 Å². The van der Waals surface area contributed by atoms with Crippen LogP contribution in [0.15, 0.2) is 45.9 Å². The van der Waals surface area contributed by atoms with E-state index in [4.69, 9.17) is 4.42 Å². The summed E-state index contributed by atoms with van der Waals surface area (Å²) in [7, 11) is -2.11. The van der Waals surface area contributed by atoms with Crippen LogP contribution in [-0.2, 0) is 23.0 Å². The quantitative estimate of drug-likeness (QED) is 0.927. The zero-order chi connectivity index (χ0) is 15.7. The lowest BCUT2D eigenvalue weighted by atomic mass is 10.00. The lowest BCUT2D eigenvalue weighted by Crippen LogP contribution is -2.36. The van der Waals surface area contributed by atoms with Gasteiger partial charge in [-0.15, -0.1) is 0 Å². The second kappa shape index (κ2) is 5.58. The van der Waals surface area contributed by atoms with Gasteiger partial charge in [0.05, 0.1) is 11.2 Å². The molecule has 1 aliphatic rings. The minimum Gasteiger partial charge on any atom is -0.459 e. The third-order valence-electron chi connectivity index (χ3n) is 3.79. The van der Waals surface area contributed by atoms with Crippen molar-refractivity contribution in [1.29, 1.82) is 0 Å². The van der Waals surface area contributed by atoms with Crippen molar-refractivity contribution in [3.63, 3.8) is 0 Å². The number of benzene rings is 1. The van der Waals surface area contributed by atoms with Crippen molar-refractivity contribution >= 4 is 15.9 Å². The number of nitrogens with zero attached hydrogens (tertiary/aromatic N) is 1. The van der Waals surface area contributed by atoms with Gasteiger partial charge < -0.3 is 9.32 Å². The number of carbonyl (C=O) groups is 1. The van der Waals surface area contributed by atoms with Gasteiger partial charge in [-0.3, -0.25) is 4.79 Å². The number of hydrogen-bond donors (Lipinski definition) is 1. The molecule has 6 nitrogen and oxygen atoms in total. The van der Waals surface area contributed by atoms with Crippen LogP contribution in [0.5, 0.6) is 0 Å². The van der Waals surface area contributed by atoms with Gasteiger partial charge in [-0.05, 0) is 48.9 Å². The van der Waals surface area contributed by atoms with Crippen LogP contribution >= 0.6 is 0 Å². The first-order valence-electron chi connectivity index (χ1n) is 6.89. The van der Waals surface area contributed by atoms with E-state index in [0.29, 0.717) is 25.3 Å². The van der Waals surface area contributed by atoms with E-state index >= 15 is 0 Å². The van der Waals surface area contributed by atoms with Crippen molar-refractivity contribution < 1.29 is 17.6 Å². The maximum atomic E-state index is 12.3. The minimum atomic E-state index is -3.48. The Labute approximate surface area is 128 Å². The zero-order valence-electron chi connectivity index (χ0n) is 12.1. The van der Waals surface area contributed by atoms with Gasteiger partial charge in [-0.1, -0.05) is 6.07 Å². The normalized spacial score (nSPS) is 14.7. The summed E-state index contributed by atoms with van der Waals surface area (Å²) in [5.41, 5.74) is 1.92. The molecule has 0 radical (unpaired) electrons. The van der Waals surface area contributed by atoms with Crippen LogP contribution < -0.4 is 4.72 Å². The van der Waals surface area contributed by atoms with Gasteiger partial charge in [0.15, 0.2) is 5.76 Å². The summed E-state index contributed by atoms with van der Waals surface area (Å²) >= 11 is 0. The zero-order valence-corrected chi connectivity index (χ0v) is 12.9. The molecule has 2 aromatic rings. The van der Waals surface area contributed by atoms with Crippen LogP contribution in [-0.4, -0.2) is 32.8 Å². The Hall–Kier alpha value is -2.12. The summed E-state index contributed by atoms with van der Waals surface area (Å²) in [5, 5.41) is 0. The summed E-state index contributed by atoms with van der Waals surface area (Å²) in [5.74, 6) is 0.111. The van der Waals surface area contributed by atoms with Crippen molar-refractivity contribution in [2.45, 2.75) is 17.9 Å². The summed E-state index contributed by atoms with van der Waals surface area (Å²) < 4.78 is 31.2. The van der Waals surface area contributed by atoms with Crippen LogP contribution in [0.4, 0.5) is 0 Å². The fourth-order valence-electron chi connectivity index (χ4n) is 2.55. The van der Waals surface area contributed by atoms with Crippen molar-refractivity contribution in [3.8, 4) is 0 Å². The lowest BCUT2D eigenvalue weighted by molar-refractivity contribution is 0.0702. The third-order valence-corrected chi connectivity index (χ3v) is 5.20. The number of fused-ring (bicyclic) bond motifs is 1. The average Bonchev–Trinajstić information content (AvgIpc) is 3.07. The molecule has 0 saturated heterocycles. The van der Waals surface area contributed by atoms with Gasteiger partial charge >= 0.3 is 0 Å². The van der Waals surface area contributed by atoms with Gasteiger partial charge in [-0.25, -0.2) is 13.1 Å².